The van der Waals surface area contributed by atoms with Gasteiger partial charge in [0.15, 0.2) is 0 Å². The fourth-order valence-electron chi connectivity index (χ4n) is 2.80. The molecule has 5 nitrogen and oxygen atoms in total. The number of carbonyl (C=O) groups is 2. The van der Waals surface area contributed by atoms with Crippen molar-refractivity contribution in [3.05, 3.63) is 29.8 Å². The van der Waals surface area contributed by atoms with Gasteiger partial charge in [-0.2, -0.15) is 0 Å². The van der Waals surface area contributed by atoms with Crippen molar-refractivity contribution in [1.29, 1.82) is 0 Å². The smallest absolute Gasteiger partial charge is 0.242 e. The summed E-state index contributed by atoms with van der Waals surface area (Å²) in [4.78, 5) is 26.3. The van der Waals surface area contributed by atoms with E-state index in [0.29, 0.717) is 10.9 Å². The zero-order valence-electron chi connectivity index (χ0n) is 13.5. The van der Waals surface area contributed by atoms with Gasteiger partial charge in [-0.25, -0.2) is 0 Å². The van der Waals surface area contributed by atoms with E-state index in [-0.39, 0.29) is 24.3 Å². The summed E-state index contributed by atoms with van der Waals surface area (Å²) in [6.07, 6.45) is 2.16. The average Bonchev–Trinajstić information content (AvgIpc) is 3.14. The van der Waals surface area contributed by atoms with E-state index in [9.17, 15) is 9.59 Å². The van der Waals surface area contributed by atoms with Crippen molar-refractivity contribution in [2.45, 2.75) is 37.5 Å². The molecule has 2 atom stereocenters. The number of hydrogen-bond donors (Lipinski definition) is 1. The van der Waals surface area contributed by atoms with Crippen LogP contribution < -0.4 is 5.32 Å². The molecule has 0 bridgehead atoms. The molecule has 7 heteroatoms. The monoisotopic (exact) mass is 364 g/mol. The largest absolute Gasteiger partial charge is 0.376 e. The molecular weight excluding hydrogens is 344 g/mol. The van der Waals surface area contributed by atoms with E-state index in [1.54, 1.807) is 4.90 Å². The Morgan fingerprint density at radius 3 is 2.83 bits per heavy atom. The first-order valence-electron chi connectivity index (χ1n) is 8.03. The number of nitrogens with one attached hydrogen (secondary N) is 1. The van der Waals surface area contributed by atoms with E-state index in [2.05, 4.69) is 5.32 Å². The second kappa shape index (κ2) is 7.63. The number of thioether (sulfide) groups is 1. The van der Waals surface area contributed by atoms with Crippen LogP contribution in [0.2, 0.25) is 0 Å². The fraction of sp³-hybridized carbons (Fsp3) is 0.471. The van der Waals surface area contributed by atoms with E-state index >= 15 is 0 Å². The zero-order chi connectivity index (χ0) is 17.1. The minimum Gasteiger partial charge on any atom is -0.376 e. The summed E-state index contributed by atoms with van der Waals surface area (Å²) in [5.74, 6) is -0.258. The summed E-state index contributed by atoms with van der Waals surface area (Å²) in [6.45, 7) is 3.23. The lowest BCUT2D eigenvalue weighted by Crippen LogP contribution is -2.38. The molecule has 0 aromatic heterocycles. The van der Waals surface area contributed by atoms with Crippen molar-refractivity contribution in [2.75, 3.05) is 18.5 Å². The van der Waals surface area contributed by atoms with Gasteiger partial charge in [0, 0.05) is 18.7 Å². The number of rotatable bonds is 5. The predicted octanol–water partition coefficient (Wildman–Crippen LogP) is 2.73. The van der Waals surface area contributed by atoms with Crippen molar-refractivity contribution in [3.63, 3.8) is 0 Å². The van der Waals surface area contributed by atoms with Gasteiger partial charge >= 0.3 is 0 Å². The highest BCUT2D eigenvalue weighted by atomic mass is 32.2. The molecule has 0 unspecified atom stereocenters. The molecule has 128 valence electrons. The maximum atomic E-state index is 12.5. The number of thiocarbonyl (C=S) groups is 1. The van der Waals surface area contributed by atoms with Crippen LogP contribution in [0.15, 0.2) is 24.3 Å². The average molecular weight is 364 g/mol. The van der Waals surface area contributed by atoms with Gasteiger partial charge in [-0.1, -0.05) is 41.7 Å². The SMILES string of the molecule is Cc1ccc(NC(=O)C[C@@H]2SC(=S)N(C[C@@H]3CCCO3)C2=O)cc1. The van der Waals surface area contributed by atoms with Crippen molar-refractivity contribution in [1.82, 2.24) is 4.90 Å². The van der Waals surface area contributed by atoms with Crippen molar-refractivity contribution in [2.24, 2.45) is 0 Å². The van der Waals surface area contributed by atoms with Gasteiger partial charge in [0.25, 0.3) is 0 Å². The number of carbonyl (C=O) groups excluding carboxylic acids is 2. The zero-order valence-corrected chi connectivity index (χ0v) is 15.1. The Balaban J connectivity index is 1.55. The minimum absolute atomic E-state index is 0.0626. The van der Waals surface area contributed by atoms with Crippen molar-refractivity contribution >= 4 is 45.8 Å². The van der Waals surface area contributed by atoms with Crippen LogP contribution in [0.4, 0.5) is 5.69 Å². The summed E-state index contributed by atoms with van der Waals surface area (Å²) < 4.78 is 6.12. The normalized spacial score (nSPS) is 23.8. The maximum absolute atomic E-state index is 12.5. The van der Waals surface area contributed by atoms with Gasteiger partial charge in [-0.05, 0) is 31.9 Å². The van der Waals surface area contributed by atoms with Gasteiger partial charge < -0.3 is 10.1 Å². The molecule has 2 aliphatic rings. The number of amides is 2. The number of nitrogens with zero attached hydrogens (tertiary/aromatic N) is 1. The molecule has 0 radical (unpaired) electrons. The number of hydrogen-bond acceptors (Lipinski definition) is 5. The summed E-state index contributed by atoms with van der Waals surface area (Å²) in [5.41, 5.74) is 1.87. The molecule has 1 N–H and O–H groups in total. The fourth-order valence-corrected chi connectivity index (χ4v) is 4.31. The number of benzene rings is 1. The molecular formula is C17H20N2O3S2. The Kier molecular flexibility index (Phi) is 5.53. The van der Waals surface area contributed by atoms with Crippen LogP contribution in [-0.4, -0.2) is 45.5 Å². The van der Waals surface area contributed by atoms with E-state index in [4.69, 9.17) is 17.0 Å². The Hall–Kier alpha value is -1.44. The van der Waals surface area contributed by atoms with Crippen LogP contribution in [0.3, 0.4) is 0 Å². The first kappa shape index (κ1) is 17.4. The number of ether oxygens (including phenoxy) is 1. The van der Waals surface area contributed by atoms with E-state index in [0.717, 1.165) is 30.7 Å². The highest BCUT2D eigenvalue weighted by Gasteiger charge is 2.39. The molecule has 2 fully saturated rings. The van der Waals surface area contributed by atoms with Gasteiger partial charge in [0.1, 0.15) is 4.32 Å². The van der Waals surface area contributed by atoms with E-state index < -0.39 is 5.25 Å². The van der Waals surface area contributed by atoms with Gasteiger partial charge in [-0.15, -0.1) is 0 Å². The lowest BCUT2D eigenvalue weighted by atomic mass is 10.2. The molecule has 0 aliphatic carbocycles. The summed E-state index contributed by atoms with van der Waals surface area (Å²) >= 11 is 6.60. The third-order valence-corrected chi connectivity index (χ3v) is 5.71. The molecule has 2 saturated heterocycles. The molecule has 0 spiro atoms. The third kappa shape index (κ3) is 4.15. The summed E-state index contributed by atoms with van der Waals surface area (Å²) in [5, 5.41) is 2.39. The Morgan fingerprint density at radius 2 is 2.17 bits per heavy atom. The summed E-state index contributed by atoms with van der Waals surface area (Å²) in [6, 6.07) is 7.57. The highest BCUT2D eigenvalue weighted by molar-refractivity contribution is 8.24. The molecule has 1 aromatic carbocycles. The van der Waals surface area contributed by atoms with Crippen molar-refractivity contribution < 1.29 is 14.3 Å². The molecule has 24 heavy (non-hydrogen) atoms. The molecule has 2 amide bonds. The lowest BCUT2D eigenvalue weighted by Gasteiger charge is -2.19. The van der Waals surface area contributed by atoms with Gasteiger partial charge in [0.05, 0.1) is 17.9 Å². The standard InChI is InChI=1S/C17H20N2O3S2/c1-11-4-6-12(7-5-11)18-15(20)9-14-16(21)19(17(23)24-14)10-13-3-2-8-22-13/h4-7,13-14H,2-3,8-10H2,1H3,(H,18,20)/t13-,14-/m0/s1. The molecule has 0 saturated carbocycles. The number of anilines is 1. The summed E-state index contributed by atoms with van der Waals surface area (Å²) in [7, 11) is 0. The van der Waals surface area contributed by atoms with Gasteiger partial charge in [-0.3, -0.25) is 14.5 Å². The Labute approximate surface area is 151 Å². The highest BCUT2D eigenvalue weighted by Crippen LogP contribution is 2.31. The minimum atomic E-state index is -0.440. The lowest BCUT2D eigenvalue weighted by molar-refractivity contribution is -0.129. The quantitative estimate of drug-likeness (QED) is 0.814. The Morgan fingerprint density at radius 1 is 1.42 bits per heavy atom. The second-order valence-electron chi connectivity index (χ2n) is 6.07. The predicted molar refractivity (Wildman–Crippen MR) is 99.1 cm³/mol. The van der Waals surface area contributed by atoms with Crippen LogP contribution in [0.25, 0.3) is 0 Å². The number of aryl methyl sites for hydroxylation is 1. The first-order valence-corrected chi connectivity index (χ1v) is 9.32. The van der Waals surface area contributed by atoms with Gasteiger partial charge in [0.2, 0.25) is 11.8 Å². The molecule has 2 heterocycles. The van der Waals surface area contributed by atoms with E-state index in [1.165, 1.54) is 11.8 Å². The van der Waals surface area contributed by atoms with Crippen LogP contribution in [-0.2, 0) is 14.3 Å². The topological polar surface area (TPSA) is 58.6 Å². The maximum Gasteiger partial charge on any atom is 0.242 e. The van der Waals surface area contributed by atoms with E-state index in [1.807, 2.05) is 31.2 Å². The molecule has 2 aliphatic heterocycles. The second-order valence-corrected chi connectivity index (χ2v) is 7.91. The van der Waals surface area contributed by atoms with Crippen LogP contribution in [0.5, 0.6) is 0 Å². The van der Waals surface area contributed by atoms with Crippen LogP contribution >= 0.6 is 24.0 Å². The Bertz CT molecular complexity index is 642. The van der Waals surface area contributed by atoms with Crippen LogP contribution in [0.1, 0.15) is 24.8 Å². The molecule has 1 aromatic rings. The third-order valence-electron chi connectivity index (χ3n) is 4.12. The van der Waals surface area contributed by atoms with Crippen LogP contribution in [0, 0.1) is 6.92 Å². The first-order chi connectivity index (χ1) is 11.5. The molecule has 3 rings (SSSR count). The van der Waals surface area contributed by atoms with Crippen molar-refractivity contribution in [3.8, 4) is 0 Å².